The fourth-order valence-electron chi connectivity index (χ4n) is 3.75. The first-order valence-electron chi connectivity index (χ1n) is 8.25. The number of ether oxygens (including phenoxy) is 1. The molecule has 1 aromatic rings. The Kier molecular flexibility index (Phi) is 4.28. The number of rotatable bonds is 6. The van der Waals surface area contributed by atoms with Crippen molar-refractivity contribution in [2.45, 2.75) is 45.1 Å². The Bertz CT molecular complexity index is 590. The molecule has 3 rings (SSSR count). The van der Waals surface area contributed by atoms with Crippen molar-refractivity contribution in [3.05, 3.63) is 29.8 Å². The first kappa shape index (κ1) is 15.8. The van der Waals surface area contributed by atoms with Crippen LogP contribution in [0.4, 0.5) is 0 Å². The van der Waals surface area contributed by atoms with E-state index in [1.54, 1.807) is 12.1 Å². The van der Waals surface area contributed by atoms with Gasteiger partial charge in [0, 0.05) is 5.92 Å². The maximum absolute atomic E-state index is 12.4. The molecule has 2 saturated carbocycles. The lowest BCUT2D eigenvalue weighted by Crippen LogP contribution is -2.29. The summed E-state index contributed by atoms with van der Waals surface area (Å²) < 4.78 is 5.11. The van der Waals surface area contributed by atoms with E-state index in [1.165, 1.54) is 25.7 Å². The third kappa shape index (κ3) is 3.49. The molecule has 124 valence electrons. The van der Waals surface area contributed by atoms with Gasteiger partial charge in [0.15, 0.2) is 6.61 Å². The van der Waals surface area contributed by atoms with Crippen LogP contribution >= 0.6 is 0 Å². The number of carbonyl (C=O) groups is 2. The van der Waals surface area contributed by atoms with Gasteiger partial charge >= 0.3 is 5.97 Å². The van der Waals surface area contributed by atoms with Crippen molar-refractivity contribution in [2.75, 3.05) is 6.61 Å². The Balaban J connectivity index is 1.53. The lowest BCUT2D eigenvalue weighted by molar-refractivity contribution is -0.139. The lowest BCUT2D eigenvalue weighted by atomic mass is 10.0. The molecule has 1 spiro atoms. The van der Waals surface area contributed by atoms with E-state index in [0.717, 1.165) is 12.0 Å². The Morgan fingerprint density at radius 1 is 1.30 bits per heavy atom. The van der Waals surface area contributed by atoms with Gasteiger partial charge in [-0.3, -0.25) is 4.79 Å². The maximum Gasteiger partial charge on any atom is 0.341 e. The minimum absolute atomic E-state index is 0.0601. The van der Waals surface area contributed by atoms with Gasteiger partial charge < -0.3 is 15.2 Å². The van der Waals surface area contributed by atoms with Crippen molar-refractivity contribution in [2.24, 2.45) is 11.3 Å². The quantitative estimate of drug-likeness (QED) is 0.846. The minimum atomic E-state index is -1.00. The second-order valence-electron chi connectivity index (χ2n) is 6.81. The van der Waals surface area contributed by atoms with Crippen LogP contribution in [-0.2, 0) is 9.59 Å². The van der Waals surface area contributed by atoms with E-state index in [2.05, 4.69) is 5.32 Å². The highest BCUT2D eigenvalue weighted by atomic mass is 16.5. The van der Waals surface area contributed by atoms with Crippen LogP contribution in [0.5, 0.6) is 5.75 Å². The highest BCUT2D eigenvalue weighted by Gasteiger charge is 2.58. The van der Waals surface area contributed by atoms with E-state index in [9.17, 15) is 9.59 Å². The molecule has 1 aromatic carbocycles. The monoisotopic (exact) mass is 317 g/mol. The largest absolute Gasteiger partial charge is 0.482 e. The first-order valence-corrected chi connectivity index (χ1v) is 8.25. The molecule has 1 amide bonds. The molecule has 2 atom stereocenters. The number of hydrogen-bond donors (Lipinski definition) is 2. The summed E-state index contributed by atoms with van der Waals surface area (Å²) in [7, 11) is 0. The third-order valence-electron chi connectivity index (χ3n) is 5.21. The van der Waals surface area contributed by atoms with Crippen LogP contribution in [-0.4, -0.2) is 23.6 Å². The zero-order valence-corrected chi connectivity index (χ0v) is 13.4. The number of hydrogen-bond acceptors (Lipinski definition) is 3. The molecule has 2 N–H and O–H groups in total. The van der Waals surface area contributed by atoms with Gasteiger partial charge in [0.05, 0.1) is 6.04 Å². The number of carboxylic acids is 1. The summed E-state index contributed by atoms with van der Waals surface area (Å²) in [5.74, 6) is -0.113. The smallest absolute Gasteiger partial charge is 0.341 e. The number of carboxylic acid groups (broad SMARTS) is 1. The van der Waals surface area contributed by atoms with Gasteiger partial charge in [-0.15, -0.1) is 0 Å². The fraction of sp³-hybridized carbons (Fsp3) is 0.556. The number of amides is 1. The first-order chi connectivity index (χ1) is 11.0. The van der Waals surface area contributed by atoms with Gasteiger partial charge in [-0.25, -0.2) is 4.79 Å². The van der Waals surface area contributed by atoms with Crippen LogP contribution < -0.4 is 10.1 Å². The molecule has 0 aromatic heterocycles. The van der Waals surface area contributed by atoms with Crippen molar-refractivity contribution in [1.82, 2.24) is 5.32 Å². The Morgan fingerprint density at radius 2 is 1.96 bits per heavy atom. The van der Waals surface area contributed by atoms with Crippen molar-refractivity contribution >= 4 is 11.9 Å². The summed E-state index contributed by atoms with van der Waals surface area (Å²) in [6.45, 7) is 1.62. The molecule has 23 heavy (non-hydrogen) atoms. The zero-order chi connectivity index (χ0) is 16.4. The van der Waals surface area contributed by atoms with Gasteiger partial charge in [0.25, 0.3) is 0 Å². The fourth-order valence-corrected chi connectivity index (χ4v) is 3.75. The van der Waals surface area contributed by atoms with Crippen molar-refractivity contribution in [1.29, 1.82) is 0 Å². The predicted molar refractivity (Wildman–Crippen MR) is 85.1 cm³/mol. The van der Waals surface area contributed by atoms with Crippen LogP contribution in [0.15, 0.2) is 24.3 Å². The van der Waals surface area contributed by atoms with E-state index >= 15 is 0 Å². The van der Waals surface area contributed by atoms with Crippen LogP contribution in [0.3, 0.4) is 0 Å². The third-order valence-corrected chi connectivity index (χ3v) is 5.21. The summed E-state index contributed by atoms with van der Waals surface area (Å²) in [5, 5.41) is 11.7. The summed E-state index contributed by atoms with van der Waals surface area (Å²) >= 11 is 0. The number of carbonyl (C=O) groups excluding carboxylic acids is 1. The predicted octanol–water partition coefficient (Wildman–Crippen LogP) is 2.91. The van der Waals surface area contributed by atoms with Crippen LogP contribution in [0, 0.1) is 11.3 Å². The van der Waals surface area contributed by atoms with Crippen molar-refractivity contribution in [3.63, 3.8) is 0 Å². The van der Waals surface area contributed by atoms with E-state index in [4.69, 9.17) is 9.84 Å². The zero-order valence-electron chi connectivity index (χ0n) is 13.4. The van der Waals surface area contributed by atoms with Gasteiger partial charge in [-0.2, -0.15) is 0 Å². The molecule has 0 heterocycles. The van der Waals surface area contributed by atoms with Crippen molar-refractivity contribution in [3.8, 4) is 5.75 Å². The highest BCUT2D eigenvalue weighted by molar-refractivity contribution is 5.83. The van der Waals surface area contributed by atoms with Gasteiger partial charge in [0.1, 0.15) is 5.75 Å². The molecule has 2 aliphatic carbocycles. The van der Waals surface area contributed by atoms with E-state index in [-0.39, 0.29) is 24.5 Å². The number of aliphatic carboxylic acids is 1. The highest BCUT2D eigenvalue weighted by Crippen LogP contribution is 2.62. The average molecular weight is 317 g/mol. The molecule has 2 fully saturated rings. The molecule has 0 aliphatic heterocycles. The normalized spacial score (nSPS) is 22.6. The topological polar surface area (TPSA) is 75.6 Å². The molecule has 0 bridgehead atoms. The molecular formula is C18H23NO4. The lowest BCUT2D eigenvalue weighted by Gasteiger charge is -2.16. The van der Waals surface area contributed by atoms with E-state index < -0.39 is 5.97 Å². The molecule has 2 aliphatic rings. The van der Waals surface area contributed by atoms with Crippen LogP contribution in [0.2, 0.25) is 0 Å². The Morgan fingerprint density at radius 3 is 2.57 bits per heavy atom. The summed E-state index contributed by atoms with van der Waals surface area (Å²) in [5.41, 5.74) is 1.31. The van der Waals surface area contributed by atoms with Crippen LogP contribution in [0.1, 0.15) is 50.6 Å². The van der Waals surface area contributed by atoms with E-state index in [1.807, 2.05) is 19.1 Å². The van der Waals surface area contributed by atoms with Gasteiger partial charge in [-0.1, -0.05) is 25.0 Å². The van der Waals surface area contributed by atoms with Gasteiger partial charge in [-0.05, 0) is 49.3 Å². The maximum atomic E-state index is 12.4. The second-order valence-corrected chi connectivity index (χ2v) is 6.81. The van der Waals surface area contributed by atoms with E-state index in [0.29, 0.717) is 11.2 Å². The number of benzene rings is 1. The minimum Gasteiger partial charge on any atom is -0.482 e. The Labute approximate surface area is 136 Å². The Hall–Kier alpha value is -2.04. The number of nitrogens with one attached hydrogen (secondary N) is 1. The summed E-state index contributed by atoms with van der Waals surface area (Å²) in [6.07, 6.45) is 5.98. The molecular weight excluding hydrogens is 294 g/mol. The standard InChI is InChI=1S/C18H23NO4/c1-12(13-4-6-14(7-5-13)23-11-16(20)21)19-17(22)15-10-18(15)8-2-3-9-18/h4-7,12,15H,2-3,8-11H2,1H3,(H,19,22)(H,20,21). The summed E-state index contributed by atoms with van der Waals surface area (Å²) in [4.78, 5) is 22.9. The molecule has 5 nitrogen and oxygen atoms in total. The molecule has 5 heteroatoms. The molecule has 2 unspecified atom stereocenters. The van der Waals surface area contributed by atoms with Crippen molar-refractivity contribution < 1.29 is 19.4 Å². The average Bonchev–Trinajstić information content (AvgIpc) is 3.03. The SMILES string of the molecule is CC(NC(=O)C1CC12CCCC2)c1ccc(OCC(=O)O)cc1. The second kappa shape index (κ2) is 6.22. The van der Waals surface area contributed by atoms with Gasteiger partial charge in [0.2, 0.25) is 5.91 Å². The summed E-state index contributed by atoms with van der Waals surface area (Å²) in [6, 6.07) is 7.13. The van der Waals surface area contributed by atoms with Crippen LogP contribution in [0.25, 0.3) is 0 Å². The molecule has 0 saturated heterocycles. The molecule has 0 radical (unpaired) electrons.